The Kier molecular flexibility index (Phi) is 4.72. The molecular weight excluding hydrogens is 312 g/mol. The molecule has 0 spiro atoms. The third-order valence-electron chi connectivity index (χ3n) is 3.69. The van der Waals surface area contributed by atoms with E-state index in [4.69, 9.17) is 5.73 Å². The zero-order valence-electron chi connectivity index (χ0n) is 11.8. The average molecular weight is 332 g/mol. The summed E-state index contributed by atoms with van der Waals surface area (Å²) in [6, 6.07) is 4.75. The van der Waals surface area contributed by atoms with Crippen LogP contribution in [0.2, 0.25) is 0 Å². The molecule has 0 heterocycles. The molecule has 3 N–H and O–H groups in total. The number of nitrogens with one attached hydrogen (secondary N) is 1. The molecule has 118 valence electrons. The Morgan fingerprint density at radius 2 is 1.52 bits per heavy atom. The zero-order valence-corrected chi connectivity index (χ0v) is 13.5. The molecule has 0 amide bonds. The number of sulfone groups is 1. The number of nitrogens with two attached hydrogens (primary N) is 1. The van der Waals surface area contributed by atoms with Crippen molar-refractivity contribution in [1.82, 2.24) is 4.72 Å². The molecule has 1 aliphatic rings. The molecule has 1 fully saturated rings. The van der Waals surface area contributed by atoms with E-state index in [2.05, 4.69) is 4.72 Å². The van der Waals surface area contributed by atoms with E-state index in [-0.39, 0.29) is 21.9 Å². The van der Waals surface area contributed by atoms with Crippen molar-refractivity contribution in [3.05, 3.63) is 24.3 Å². The number of benzene rings is 1. The predicted octanol–water partition coefficient (Wildman–Crippen LogP) is 0.638. The maximum atomic E-state index is 12.3. The van der Waals surface area contributed by atoms with Gasteiger partial charge in [0.15, 0.2) is 9.84 Å². The van der Waals surface area contributed by atoms with Crippen LogP contribution in [0.4, 0.5) is 0 Å². The SMILES string of the molecule is CS(=O)(=O)c1ccc(S(=O)(=O)NC2CCCCC2N)cc1. The van der Waals surface area contributed by atoms with Crippen LogP contribution in [0.5, 0.6) is 0 Å². The van der Waals surface area contributed by atoms with Crippen molar-refractivity contribution in [2.24, 2.45) is 5.73 Å². The quantitative estimate of drug-likeness (QED) is 0.841. The molecule has 0 aliphatic heterocycles. The smallest absolute Gasteiger partial charge is 0.240 e. The van der Waals surface area contributed by atoms with Crippen molar-refractivity contribution < 1.29 is 16.8 Å². The van der Waals surface area contributed by atoms with E-state index in [0.717, 1.165) is 31.9 Å². The Morgan fingerprint density at radius 3 is 2.05 bits per heavy atom. The number of rotatable bonds is 4. The van der Waals surface area contributed by atoms with Gasteiger partial charge in [0.25, 0.3) is 0 Å². The highest BCUT2D eigenvalue weighted by atomic mass is 32.2. The van der Waals surface area contributed by atoms with Gasteiger partial charge in [-0.3, -0.25) is 0 Å². The summed E-state index contributed by atoms with van der Waals surface area (Å²) in [6.07, 6.45) is 4.58. The summed E-state index contributed by atoms with van der Waals surface area (Å²) in [5.41, 5.74) is 5.94. The molecule has 1 aliphatic carbocycles. The Labute approximate surface area is 125 Å². The van der Waals surface area contributed by atoms with Crippen molar-refractivity contribution in [2.45, 2.75) is 47.6 Å². The van der Waals surface area contributed by atoms with Crippen LogP contribution in [0, 0.1) is 0 Å². The monoisotopic (exact) mass is 332 g/mol. The lowest BCUT2D eigenvalue weighted by molar-refractivity contribution is 0.361. The van der Waals surface area contributed by atoms with Gasteiger partial charge in [-0.05, 0) is 37.1 Å². The highest BCUT2D eigenvalue weighted by molar-refractivity contribution is 7.90. The van der Waals surface area contributed by atoms with E-state index >= 15 is 0 Å². The van der Waals surface area contributed by atoms with Gasteiger partial charge in [-0.2, -0.15) is 0 Å². The Balaban J connectivity index is 2.19. The number of hydrogen-bond donors (Lipinski definition) is 2. The summed E-state index contributed by atoms with van der Waals surface area (Å²) in [5, 5.41) is 0. The van der Waals surface area contributed by atoms with Gasteiger partial charge in [-0.25, -0.2) is 21.6 Å². The summed E-state index contributed by atoms with van der Waals surface area (Å²) in [7, 11) is -7.02. The van der Waals surface area contributed by atoms with Gasteiger partial charge >= 0.3 is 0 Å². The highest BCUT2D eigenvalue weighted by Gasteiger charge is 2.27. The molecular formula is C13H20N2O4S2. The van der Waals surface area contributed by atoms with Crippen molar-refractivity contribution in [1.29, 1.82) is 0 Å². The van der Waals surface area contributed by atoms with Gasteiger partial charge in [0.2, 0.25) is 10.0 Å². The molecule has 0 radical (unpaired) electrons. The standard InChI is InChI=1S/C13H20N2O4S2/c1-20(16,17)10-6-8-11(9-7-10)21(18,19)15-13-5-3-2-4-12(13)14/h6-9,12-13,15H,2-5,14H2,1H3. The van der Waals surface area contributed by atoms with E-state index in [1.165, 1.54) is 24.3 Å². The van der Waals surface area contributed by atoms with Crippen molar-refractivity contribution in [3.8, 4) is 0 Å². The minimum atomic E-state index is -3.68. The molecule has 1 saturated carbocycles. The Hall–Kier alpha value is -0.960. The largest absolute Gasteiger partial charge is 0.326 e. The zero-order chi connectivity index (χ0) is 15.7. The van der Waals surface area contributed by atoms with E-state index in [1.54, 1.807) is 0 Å². The first-order valence-electron chi connectivity index (χ1n) is 6.78. The molecule has 2 unspecified atom stereocenters. The average Bonchev–Trinajstić information content (AvgIpc) is 2.40. The van der Waals surface area contributed by atoms with E-state index < -0.39 is 19.9 Å². The fraction of sp³-hybridized carbons (Fsp3) is 0.538. The lowest BCUT2D eigenvalue weighted by Crippen LogP contribution is -2.49. The van der Waals surface area contributed by atoms with Crippen LogP contribution in [0.3, 0.4) is 0 Å². The highest BCUT2D eigenvalue weighted by Crippen LogP contribution is 2.20. The lowest BCUT2D eigenvalue weighted by atomic mass is 9.92. The van der Waals surface area contributed by atoms with Crippen LogP contribution >= 0.6 is 0 Å². The van der Waals surface area contributed by atoms with Crippen molar-refractivity contribution in [3.63, 3.8) is 0 Å². The van der Waals surface area contributed by atoms with Gasteiger partial charge in [0.1, 0.15) is 0 Å². The molecule has 1 aromatic rings. The van der Waals surface area contributed by atoms with E-state index in [0.29, 0.717) is 0 Å². The van der Waals surface area contributed by atoms with Crippen molar-refractivity contribution >= 4 is 19.9 Å². The van der Waals surface area contributed by atoms with Gasteiger partial charge in [0.05, 0.1) is 9.79 Å². The molecule has 8 heteroatoms. The molecule has 21 heavy (non-hydrogen) atoms. The first kappa shape index (κ1) is 16.4. The van der Waals surface area contributed by atoms with Gasteiger partial charge in [0, 0.05) is 18.3 Å². The topological polar surface area (TPSA) is 106 Å². The fourth-order valence-corrected chi connectivity index (χ4v) is 4.39. The van der Waals surface area contributed by atoms with Gasteiger partial charge in [-0.1, -0.05) is 12.8 Å². The van der Waals surface area contributed by atoms with Gasteiger partial charge < -0.3 is 5.73 Å². The van der Waals surface area contributed by atoms with Gasteiger partial charge in [-0.15, -0.1) is 0 Å². The Morgan fingerprint density at radius 1 is 1.00 bits per heavy atom. The summed E-state index contributed by atoms with van der Waals surface area (Å²) in [4.78, 5) is 0.142. The molecule has 1 aromatic carbocycles. The third-order valence-corrected chi connectivity index (χ3v) is 6.32. The summed E-state index contributed by atoms with van der Waals surface area (Å²) >= 11 is 0. The van der Waals surface area contributed by atoms with Crippen LogP contribution in [0.15, 0.2) is 34.1 Å². The van der Waals surface area contributed by atoms with Crippen LogP contribution in [-0.4, -0.2) is 35.2 Å². The van der Waals surface area contributed by atoms with Crippen molar-refractivity contribution in [2.75, 3.05) is 6.26 Å². The van der Waals surface area contributed by atoms with Crippen LogP contribution in [0.25, 0.3) is 0 Å². The molecule has 0 saturated heterocycles. The second-order valence-corrected chi connectivity index (χ2v) is 9.15. The first-order valence-corrected chi connectivity index (χ1v) is 10.2. The second kappa shape index (κ2) is 6.04. The fourth-order valence-electron chi connectivity index (χ4n) is 2.44. The Bertz CT molecular complexity index is 696. The normalized spacial score (nSPS) is 23.9. The second-order valence-electron chi connectivity index (χ2n) is 5.42. The minimum absolute atomic E-state index is 0.0488. The third kappa shape index (κ3) is 4.03. The lowest BCUT2D eigenvalue weighted by Gasteiger charge is -2.29. The molecule has 2 rings (SSSR count). The van der Waals surface area contributed by atoms with Crippen LogP contribution < -0.4 is 10.5 Å². The van der Waals surface area contributed by atoms with Crippen LogP contribution in [0.1, 0.15) is 25.7 Å². The van der Waals surface area contributed by atoms with E-state index in [1.807, 2.05) is 0 Å². The summed E-state index contributed by atoms with van der Waals surface area (Å²) in [5.74, 6) is 0. The van der Waals surface area contributed by atoms with Crippen LogP contribution in [-0.2, 0) is 19.9 Å². The molecule has 6 nitrogen and oxygen atoms in total. The molecule has 2 atom stereocenters. The first-order chi connectivity index (χ1) is 9.70. The number of hydrogen-bond acceptors (Lipinski definition) is 5. The predicted molar refractivity (Wildman–Crippen MR) is 80.1 cm³/mol. The molecule has 0 bridgehead atoms. The van der Waals surface area contributed by atoms with E-state index in [9.17, 15) is 16.8 Å². The summed E-state index contributed by atoms with van der Waals surface area (Å²) in [6.45, 7) is 0. The summed E-state index contributed by atoms with van der Waals surface area (Å²) < 4.78 is 49.9. The molecule has 0 aromatic heterocycles. The number of sulfonamides is 1. The maximum Gasteiger partial charge on any atom is 0.240 e. The minimum Gasteiger partial charge on any atom is -0.326 e. The maximum absolute atomic E-state index is 12.3.